The first-order chi connectivity index (χ1) is 13.6. The summed E-state index contributed by atoms with van der Waals surface area (Å²) in [6.07, 6.45) is 2.99. The molecule has 0 bridgehead atoms. The molecule has 1 aliphatic carbocycles. The summed E-state index contributed by atoms with van der Waals surface area (Å²) in [5, 5.41) is 0.0733. The smallest absolute Gasteiger partial charge is 0.228 e. The molecular formula is C23H28Cl2N2O. The van der Waals surface area contributed by atoms with Crippen molar-refractivity contribution in [3.8, 4) is 0 Å². The molecule has 5 heteroatoms. The number of halogens is 2. The lowest BCUT2D eigenvalue weighted by atomic mass is 10.1. The second-order valence-electron chi connectivity index (χ2n) is 7.46. The van der Waals surface area contributed by atoms with Crippen molar-refractivity contribution in [2.75, 3.05) is 24.4 Å². The van der Waals surface area contributed by atoms with E-state index in [9.17, 15) is 4.79 Å². The van der Waals surface area contributed by atoms with Gasteiger partial charge in [-0.15, -0.1) is 23.2 Å². The number of rotatable bonds is 8. The summed E-state index contributed by atoms with van der Waals surface area (Å²) in [5.41, 5.74) is 2.25. The minimum atomic E-state index is 0.0568. The zero-order valence-electron chi connectivity index (χ0n) is 16.3. The predicted octanol–water partition coefficient (Wildman–Crippen LogP) is 4.96. The minimum Gasteiger partial charge on any atom is -0.308 e. The van der Waals surface area contributed by atoms with Crippen molar-refractivity contribution in [1.82, 2.24) is 4.90 Å². The van der Waals surface area contributed by atoms with E-state index in [0.29, 0.717) is 12.3 Å². The minimum absolute atomic E-state index is 0.0568. The topological polar surface area (TPSA) is 23.6 Å². The van der Waals surface area contributed by atoms with E-state index < -0.39 is 0 Å². The molecule has 0 aliphatic heterocycles. The van der Waals surface area contributed by atoms with Crippen molar-refractivity contribution in [3.05, 3.63) is 66.2 Å². The van der Waals surface area contributed by atoms with Gasteiger partial charge in [0.2, 0.25) is 5.91 Å². The van der Waals surface area contributed by atoms with Gasteiger partial charge >= 0.3 is 0 Å². The molecule has 150 valence electrons. The summed E-state index contributed by atoms with van der Waals surface area (Å²) < 4.78 is 0. The average molecular weight is 419 g/mol. The molecule has 2 aromatic rings. The third-order valence-corrected chi connectivity index (χ3v) is 6.09. The SMILES string of the molecule is CN(CCc1ccccc1)C1CC(Cl)CC1N(C(=O)CCCl)c1ccccc1. The van der Waals surface area contributed by atoms with E-state index in [1.807, 2.05) is 41.3 Å². The van der Waals surface area contributed by atoms with E-state index in [4.69, 9.17) is 23.2 Å². The number of anilines is 1. The zero-order valence-corrected chi connectivity index (χ0v) is 17.8. The lowest BCUT2D eigenvalue weighted by molar-refractivity contribution is -0.118. The third kappa shape index (κ3) is 5.28. The van der Waals surface area contributed by atoms with Crippen LogP contribution in [0, 0.1) is 0 Å². The Labute approximate surface area is 178 Å². The molecule has 2 aromatic carbocycles. The number of para-hydroxylation sites is 1. The number of amides is 1. The highest BCUT2D eigenvalue weighted by atomic mass is 35.5. The van der Waals surface area contributed by atoms with Crippen LogP contribution in [0.1, 0.15) is 24.8 Å². The van der Waals surface area contributed by atoms with Crippen LogP contribution in [0.4, 0.5) is 5.69 Å². The van der Waals surface area contributed by atoms with Gasteiger partial charge in [0, 0.05) is 36.0 Å². The van der Waals surface area contributed by atoms with Crippen molar-refractivity contribution in [2.45, 2.75) is 43.1 Å². The molecule has 0 N–H and O–H groups in total. The summed E-state index contributed by atoms with van der Waals surface area (Å²) in [4.78, 5) is 17.3. The summed E-state index contributed by atoms with van der Waals surface area (Å²) in [5.74, 6) is 0.395. The number of hydrogen-bond acceptors (Lipinski definition) is 2. The van der Waals surface area contributed by atoms with E-state index in [2.05, 4.69) is 36.2 Å². The number of carbonyl (C=O) groups excluding carboxylic acids is 1. The van der Waals surface area contributed by atoms with Gasteiger partial charge in [-0.3, -0.25) is 4.79 Å². The third-order valence-electron chi connectivity index (χ3n) is 5.54. The lowest BCUT2D eigenvalue weighted by Gasteiger charge is -2.37. The van der Waals surface area contributed by atoms with E-state index in [-0.39, 0.29) is 23.4 Å². The number of benzene rings is 2. The quantitative estimate of drug-likeness (QED) is 0.565. The molecule has 3 unspecified atom stereocenters. The molecule has 1 aliphatic rings. The van der Waals surface area contributed by atoms with Crippen molar-refractivity contribution in [1.29, 1.82) is 0 Å². The molecule has 1 fully saturated rings. The number of hydrogen-bond donors (Lipinski definition) is 0. The largest absolute Gasteiger partial charge is 0.308 e. The predicted molar refractivity (Wildman–Crippen MR) is 118 cm³/mol. The molecule has 1 amide bonds. The van der Waals surface area contributed by atoms with Gasteiger partial charge in [0.1, 0.15) is 0 Å². The number of likely N-dealkylation sites (N-methyl/N-ethyl adjacent to an activating group) is 1. The molecule has 0 saturated heterocycles. The first-order valence-electron chi connectivity index (χ1n) is 9.91. The molecule has 3 atom stereocenters. The van der Waals surface area contributed by atoms with Gasteiger partial charge in [-0.25, -0.2) is 0 Å². The molecular weight excluding hydrogens is 391 g/mol. The Kier molecular flexibility index (Phi) is 7.78. The van der Waals surface area contributed by atoms with Crippen molar-refractivity contribution in [2.24, 2.45) is 0 Å². The van der Waals surface area contributed by atoms with Crippen molar-refractivity contribution < 1.29 is 4.79 Å². The Balaban J connectivity index is 1.78. The van der Waals surface area contributed by atoms with Crippen LogP contribution in [0.3, 0.4) is 0 Å². The van der Waals surface area contributed by atoms with Crippen molar-refractivity contribution >= 4 is 34.8 Å². The highest BCUT2D eigenvalue weighted by Gasteiger charge is 2.41. The molecule has 0 heterocycles. The standard InChI is InChI=1S/C23H28Cl2N2O/c1-26(15-13-18-8-4-2-5-9-18)21-16-19(25)17-22(21)27(23(28)12-14-24)20-10-6-3-7-11-20/h2-11,19,21-22H,12-17H2,1H3. The van der Waals surface area contributed by atoms with Crippen molar-refractivity contribution in [3.63, 3.8) is 0 Å². The van der Waals surface area contributed by atoms with Gasteiger partial charge in [-0.2, -0.15) is 0 Å². The maximum absolute atomic E-state index is 13.0. The van der Waals surface area contributed by atoms with Crippen LogP contribution >= 0.6 is 23.2 Å². The Bertz CT molecular complexity index is 741. The molecule has 3 rings (SSSR count). The maximum Gasteiger partial charge on any atom is 0.228 e. The fraction of sp³-hybridized carbons (Fsp3) is 0.435. The molecule has 1 saturated carbocycles. The number of alkyl halides is 2. The molecule has 0 spiro atoms. The van der Waals surface area contributed by atoms with Gasteiger partial charge in [0.05, 0.1) is 6.04 Å². The Morgan fingerprint density at radius 1 is 1.00 bits per heavy atom. The molecule has 28 heavy (non-hydrogen) atoms. The zero-order chi connectivity index (χ0) is 19.9. The van der Waals surface area contributed by atoms with E-state index in [1.165, 1.54) is 5.56 Å². The molecule has 0 radical (unpaired) electrons. The highest BCUT2D eigenvalue weighted by Crippen LogP contribution is 2.35. The van der Waals surface area contributed by atoms with Crippen LogP contribution in [-0.2, 0) is 11.2 Å². The molecule has 0 aromatic heterocycles. The second-order valence-corrected chi connectivity index (χ2v) is 8.45. The van der Waals surface area contributed by atoms with E-state index in [1.54, 1.807) is 0 Å². The van der Waals surface area contributed by atoms with Crippen LogP contribution in [0.5, 0.6) is 0 Å². The van der Waals surface area contributed by atoms with E-state index >= 15 is 0 Å². The van der Waals surface area contributed by atoms with Crippen LogP contribution in [0.15, 0.2) is 60.7 Å². The number of carbonyl (C=O) groups is 1. The number of nitrogens with zero attached hydrogens (tertiary/aromatic N) is 2. The summed E-state index contributed by atoms with van der Waals surface area (Å²) in [6.45, 7) is 0.932. The summed E-state index contributed by atoms with van der Waals surface area (Å²) >= 11 is 12.5. The first kappa shape index (κ1) is 21.2. The van der Waals surface area contributed by atoms with Gasteiger partial charge in [-0.05, 0) is 44.0 Å². The normalized spacial score (nSPS) is 21.8. The van der Waals surface area contributed by atoms with Crippen LogP contribution in [-0.4, -0.2) is 47.7 Å². The van der Waals surface area contributed by atoms with Gasteiger partial charge in [0.15, 0.2) is 0 Å². The Morgan fingerprint density at radius 2 is 1.61 bits per heavy atom. The molecule has 3 nitrogen and oxygen atoms in total. The fourth-order valence-corrected chi connectivity index (χ4v) is 4.64. The Hall–Kier alpha value is -1.55. The Morgan fingerprint density at radius 3 is 2.25 bits per heavy atom. The highest BCUT2D eigenvalue weighted by molar-refractivity contribution is 6.21. The van der Waals surface area contributed by atoms with Gasteiger partial charge in [0.25, 0.3) is 0 Å². The fourth-order valence-electron chi connectivity index (χ4n) is 4.11. The van der Waals surface area contributed by atoms with Crippen LogP contribution in [0.2, 0.25) is 0 Å². The van der Waals surface area contributed by atoms with Gasteiger partial charge in [-0.1, -0.05) is 48.5 Å². The monoisotopic (exact) mass is 418 g/mol. The lowest BCUT2D eigenvalue weighted by Crippen LogP contribution is -2.50. The van der Waals surface area contributed by atoms with E-state index in [0.717, 1.165) is 31.5 Å². The van der Waals surface area contributed by atoms with Gasteiger partial charge < -0.3 is 9.80 Å². The van der Waals surface area contributed by atoms with Crippen LogP contribution in [0.25, 0.3) is 0 Å². The average Bonchev–Trinajstić information content (AvgIpc) is 3.09. The summed E-state index contributed by atoms with van der Waals surface area (Å²) in [6, 6.07) is 20.7. The maximum atomic E-state index is 13.0. The first-order valence-corrected chi connectivity index (χ1v) is 10.9. The van der Waals surface area contributed by atoms with Crippen LogP contribution < -0.4 is 4.90 Å². The second kappa shape index (κ2) is 10.3. The summed E-state index contributed by atoms with van der Waals surface area (Å²) in [7, 11) is 2.14.